The van der Waals surface area contributed by atoms with Gasteiger partial charge in [0, 0.05) is 87.7 Å². The number of aldehydes is 1. The number of nitrogens with one attached hydrogen (secondary N) is 2. The Bertz CT molecular complexity index is 4340. The number of ether oxygens (including phenoxy) is 8. The Morgan fingerprint density at radius 2 is 0.782 bits per heavy atom. The number of esters is 4. The molecule has 4 fully saturated rings. The molecule has 1 amide bonds. The summed E-state index contributed by atoms with van der Waals surface area (Å²) in [5, 5.41) is 8.11. The molecule has 0 bridgehead atoms. The maximum atomic E-state index is 12.6. The first kappa shape index (κ1) is 98.2. The third-order valence-corrected chi connectivity index (χ3v) is 24.5. The minimum atomic E-state index is -0.504. The lowest BCUT2D eigenvalue weighted by atomic mass is 9.64. The Morgan fingerprint density at radius 1 is 0.435 bits per heavy atom. The van der Waals surface area contributed by atoms with Gasteiger partial charge in [0.05, 0.1) is 66.9 Å². The highest BCUT2D eigenvalue weighted by molar-refractivity contribution is 5.75. The molecule has 0 saturated heterocycles. The van der Waals surface area contributed by atoms with Crippen LogP contribution < -0.4 is 29.6 Å². The van der Waals surface area contributed by atoms with Gasteiger partial charge in [-0.2, -0.15) is 0 Å². The highest BCUT2D eigenvalue weighted by Gasteiger charge is 2.42. The standard InChI is InChI=1S/C29H41N3O3.C29H39N3O3.C22H34N2O5.C20H29NO4/c2*1-29(2,3)35-27(33)18-25(22-12-14-26(34-4)31-19-22)23-16-20(17-23)8-5-6-10-24-13-11-21-9-7-15-30-28(21)32-24;1-22(2,3)29-21(26)13-18(16-8-9-19(27-5)23-14-16)17-11-15(12-17)7-10-20(25)24(4)28-6;1-20(2,3)25-19(23)12-17(15-7-8-18(24-4)21-13-15)16-10-14(11-16)6-5-9-22/h11-14,19-20,23,25H,5-10,15-18H2,1-4H3,(H,30,32);6,10-14,19-20,23,25H,5,7-9,15-18H2,1-4H3,(H,30,32);8-9,14-15,17-18H,7,10-13H2,1-6H3;7-9,13-14,16-17H,5-6,10-12H2,1-4H3. The van der Waals surface area contributed by atoms with E-state index in [2.05, 4.69) is 73.1 Å². The molecule has 24 heteroatoms. The van der Waals surface area contributed by atoms with Crippen molar-refractivity contribution in [2.75, 3.05) is 66.3 Å². The molecular weight excluding hydrogens is 1570 g/mol. The van der Waals surface area contributed by atoms with Crippen LogP contribution in [0.2, 0.25) is 0 Å². The summed E-state index contributed by atoms with van der Waals surface area (Å²) in [6.45, 7) is 24.8. The van der Waals surface area contributed by atoms with Gasteiger partial charge in [-0.05, 0) is 321 Å². The fourth-order valence-corrected chi connectivity index (χ4v) is 17.9. The van der Waals surface area contributed by atoms with Crippen molar-refractivity contribution in [1.82, 2.24) is 35.0 Å². The molecule has 0 aromatic carbocycles. The summed E-state index contributed by atoms with van der Waals surface area (Å²) in [6.07, 6.45) is 37.2. The van der Waals surface area contributed by atoms with Gasteiger partial charge in [0.15, 0.2) is 0 Å². The van der Waals surface area contributed by atoms with E-state index >= 15 is 0 Å². The molecule has 6 aromatic rings. The van der Waals surface area contributed by atoms with Crippen LogP contribution >= 0.6 is 0 Å². The lowest BCUT2D eigenvalue weighted by Gasteiger charge is -2.41. The first-order valence-corrected chi connectivity index (χ1v) is 45.3. The van der Waals surface area contributed by atoms with Gasteiger partial charge in [0.25, 0.3) is 0 Å². The fraction of sp³-hybridized carbons (Fsp3) is 0.620. The summed E-state index contributed by atoms with van der Waals surface area (Å²) < 4.78 is 43.0. The third kappa shape index (κ3) is 32.4. The minimum absolute atomic E-state index is 0.0133. The molecule has 124 heavy (non-hydrogen) atoms. The Kier molecular flexibility index (Phi) is 37.3. The predicted molar refractivity (Wildman–Crippen MR) is 483 cm³/mol. The largest absolute Gasteiger partial charge is 0.481 e. The molecule has 0 spiro atoms. The van der Waals surface area contributed by atoms with Crippen LogP contribution in [0.4, 0.5) is 11.6 Å². The van der Waals surface area contributed by atoms with E-state index in [1.165, 1.54) is 73.9 Å². The molecule has 8 heterocycles. The number of allylic oxidation sites excluding steroid dienone is 1. The Labute approximate surface area is 738 Å². The second kappa shape index (κ2) is 47.1. The van der Waals surface area contributed by atoms with E-state index < -0.39 is 22.4 Å². The average Bonchev–Trinajstić information content (AvgIpc) is 0.814. The first-order valence-electron chi connectivity index (χ1n) is 45.3. The number of fused-ring (bicyclic) bond motifs is 2. The number of hydrogen-bond acceptors (Lipinski definition) is 23. The van der Waals surface area contributed by atoms with Crippen LogP contribution in [0, 0.1) is 47.3 Å². The van der Waals surface area contributed by atoms with Crippen molar-refractivity contribution in [2.45, 2.75) is 296 Å². The number of aryl methyl sites for hydroxylation is 3. The zero-order valence-electron chi connectivity index (χ0n) is 77.5. The van der Waals surface area contributed by atoms with Gasteiger partial charge >= 0.3 is 23.9 Å². The fourth-order valence-electron chi connectivity index (χ4n) is 17.9. The number of amides is 1. The molecular formula is C100H143N9O15. The molecule has 24 nitrogen and oxygen atoms in total. The van der Waals surface area contributed by atoms with Gasteiger partial charge < -0.3 is 53.3 Å². The number of hydroxylamine groups is 2. The molecule has 12 rings (SSSR count). The van der Waals surface area contributed by atoms with Crippen molar-refractivity contribution in [1.29, 1.82) is 0 Å². The number of unbranched alkanes of at least 4 members (excludes halogenated alkanes) is 1. The average molecular weight is 1710 g/mol. The number of methoxy groups -OCH3 is 4. The lowest BCUT2D eigenvalue weighted by molar-refractivity contribution is -0.169. The second-order valence-corrected chi connectivity index (χ2v) is 38.7. The number of anilines is 2. The zero-order chi connectivity index (χ0) is 89.7. The van der Waals surface area contributed by atoms with Crippen molar-refractivity contribution in [2.24, 2.45) is 47.3 Å². The normalized spacial score (nSPS) is 20.4. The number of carbonyl (C=O) groups excluding carboxylic acids is 6. The van der Waals surface area contributed by atoms with Crippen LogP contribution in [0.25, 0.3) is 6.08 Å². The van der Waals surface area contributed by atoms with Crippen LogP contribution in [0.5, 0.6) is 23.5 Å². The molecule has 678 valence electrons. The molecule has 2 N–H and O–H groups in total. The Morgan fingerprint density at radius 3 is 1.12 bits per heavy atom. The zero-order valence-corrected chi connectivity index (χ0v) is 77.5. The van der Waals surface area contributed by atoms with Crippen LogP contribution in [0.15, 0.2) is 104 Å². The summed E-state index contributed by atoms with van der Waals surface area (Å²) in [7, 11) is 9.52. The van der Waals surface area contributed by atoms with E-state index in [-0.39, 0.29) is 53.5 Å². The van der Waals surface area contributed by atoms with Crippen LogP contribution in [-0.4, -0.2) is 149 Å². The minimum Gasteiger partial charge on any atom is -0.481 e. The summed E-state index contributed by atoms with van der Waals surface area (Å²) in [5.41, 5.74) is 7.24. The van der Waals surface area contributed by atoms with Crippen LogP contribution in [0.3, 0.4) is 0 Å². The van der Waals surface area contributed by atoms with Gasteiger partial charge in [-0.25, -0.2) is 35.0 Å². The van der Waals surface area contributed by atoms with E-state index in [9.17, 15) is 28.8 Å². The molecule has 6 aliphatic rings. The van der Waals surface area contributed by atoms with E-state index in [0.717, 1.165) is 148 Å². The second-order valence-electron chi connectivity index (χ2n) is 38.7. The topological polar surface area (TPSA) is 290 Å². The van der Waals surface area contributed by atoms with Gasteiger partial charge in [-0.3, -0.25) is 28.8 Å². The van der Waals surface area contributed by atoms with Crippen LogP contribution in [0.1, 0.15) is 299 Å². The SMILES string of the molecule is COc1ccc(C(CC(=O)OC(C)(C)C)C2CC(CCC(=O)N(C)OC)C2)cn1.COc1ccc(C(CC(=O)OC(C)(C)C)C2CC(CCC=Cc3ccc4c(n3)NCCC4)C2)cn1.COc1ccc(C(CC(=O)OC(C)(C)C)C2CC(CCC=O)C2)cn1.COc1ccc(C(CC(=O)OC(C)(C)C)C2CC(CCCCc3ccc4c(n3)NCCC4)C2)cn1. The van der Waals surface area contributed by atoms with Gasteiger partial charge in [0.1, 0.15) is 40.3 Å². The number of rotatable bonds is 36. The summed E-state index contributed by atoms with van der Waals surface area (Å²) in [5.74, 6) is 8.49. The number of hydrogen-bond donors (Lipinski definition) is 2. The molecule has 0 radical (unpaired) electrons. The molecule has 4 atom stereocenters. The van der Waals surface area contributed by atoms with Crippen molar-refractivity contribution in [3.05, 3.63) is 148 Å². The van der Waals surface area contributed by atoms with Crippen LogP contribution in [-0.2, 0) is 71.8 Å². The van der Waals surface area contributed by atoms with E-state index in [0.29, 0.717) is 103 Å². The van der Waals surface area contributed by atoms with Crippen molar-refractivity contribution in [3.8, 4) is 23.5 Å². The van der Waals surface area contributed by atoms with Gasteiger partial charge in [-0.1, -0.05) is 55.3 Å². The molecule has 4 unspecified atom stereocenters. The van der Waals surface area contributed by atoms with Crippen molar-refractivity contribution in [3.63, 3.8) is 0 Å². The first-order chi connectivity index (χ1) is 59.0. The van der Waals surface area contributed by atoms with E-state index in [1.54, 1.807) is 47.9 Å². The number of carbonyl (C=O) groups is 6. The monoisotopic (exact) mass is 1710 g/mol. The maximum absolute atomic E-state index is 12.6. The molecule has 4 saturated carbocycles. The Hall–Kier alpha value is -9.58. The highest BCUT2D eigenvalue weighted by atomic mass is 16.7. The smallest absolute Gasteiger partial charge is 0.306 e. The van der Waals surface area contributed by atoms with Gasteiger partial charge in [-0.15, -0.1) is 0 Å². The van der Waals surface area contributed by atoms with E-state index in [4.69, 9.17) is 52.7 Å². The highest BCUT2D eigenvalue weighted by Crippen LogP contribution is 2.51. The Balaban J connectivity index is 0.000000189. The third-order valence-electron chi connectivity index (χ3n) is 24.5. The quantitative estimate of drug-likeness (QED) is 0.0121. The summed E-state index contributed by atoms with van der Waals surface area (Å²) in [6, 6.07) is 24.2. The lowest BCUT2D eigenvalue weighted by Crippen LogP contribution is -2.33. The van der Waals surface area contributed by atoms with E-state index in [1.807, 2.05) is 138 Å². The van der Waals surface area contributed by atoms with Gasteiger partial charge in [0.2, 0.25) is 29.4 Å². The number of pyridine rings is 6. The van der Waals surface area contributed by atoms with Crippen molar-refractivity contribution >= 4 is 53.8 Å². The molecule has 6 aromatic heterocycles. The predicted octanol–water partition coefficient (Wildman–Crippen LogP) is 19.9. The van der Waals surface area contributed by atoms with Crippen molar-refractivity contribution < 1.29 is 71.5 Å². The maximum Gasteiger partial charge on any atom is 0.306 e. The molecule has 4 aliphatic carbocycles. The molecule has 2 aliphatic heterocycles. The summed E-state index contributed by atoms with van der Waals surface area (Å²) in [4.78, 5) is 104. The summed E-state index contributed by atoms with van der Waals surface area (Å²) >= 11 is 0. The number of nitrogens with zero attached hydrogens (tertiary/aromatic N) is 7. The number of aromatic nitrogens is 6.